The Morgan fingerprint density at radius 2 is 1.25 bits per heavy atom. The van der Waals surface area contributed by atoms with Crippen molar-refractivity contribution in [3.05, 3.63) is 60.2 Å². The maximum absolute atomic E-state index is 12.1. The summed E-state index contributed by atoms with van der Waals surface area (Å²) in [6.07, 6.45) is 19.3. The molecule has 0 atom stereocenters. The second-order valence-corrected chi connectivity index (χ2v) is 8.63. The number of hydrogen-bond acceptors (Lipinski definition) is 3. The highest BCUT2D eigenvalue weighted by Crippen LogP contribution is 2.16. The van der Waals surface area contributed by atoms with Crippen LogP contribution in [0.1, 0.15) is 102 Å². The van der Waals surface area contributed by atoms with Crippen molar-refractivity contribution in [2.45, 2.75) is 96.8 Å². The lowest BCUT2D eigenvalue weighted by Crippen LogP contribution is -2.07. The van der Waals surface area contributed by atoms with Gasteiger partial charge in [0.25, 0.3) is 0 Å². The minimum Gasteiger partial charge on any atom is -0.427 e. The van der Waals surface area contributed by atoms with Crippen LogP contribution in [0.2, 0.25) is 0 Å². The van der Waals surface area contributed by atoms with Gasteiger partial charge in [0.1, 0.15) is 5.75 Å². The summed E-state index contributed by atoms with van der Waals surface area (Å²) in [5.41, 5.74) is 1.89. The van der Waals surface area contributed by atoms with Crippen LogP contribution in [-0.2, 0) is 4.79 Å². The predicted molar refractivity (Wildman–Crippen MR) is 136 cm³/mol. The van der Waals surface area contributed by atoms with Crippen molar-refractivity contribution in [3.63, 3.8) is 0 Å². The Labute approximate surface area is 195 Å². The number of nitrogens with zero attached hydrogens (tertiary/aromatic N) is 1. The van der Waals surface area contributed by atoms with Gasteiger partial charge in [0.15, 0.2) is 0 Å². The molecule has 0 heterocycles. The van der Waals surface area contributed by atoms with Gasteiger partial charge in [-0.25, -0.2) is 0 Å². The first kappa shape index (κ1) is 25.8. The second kappa shape index (κ2) is 17.2. The number of hydrogen-bond donors (Lipinski definition) is 0. The Morgan fingerprint density at radius 3 is 1.81 bits per heavy atom. The summed E-state index contributed by atoms with van der Waals surface area (Å²) < 4.78 is 5.46. The van der Waals surface area contributed by atoms with Crippen LogP contribution in [0, 0.1) is 0 Å². The van der Waals surface area contributed by atoms with E-state index >= 15 is 0 Å². The minimum absolute atomic E-state index is 0.140. The largest absolute Gasteiger partial charge is 0.427 e. The van der Waals surface area contributed by atoms with Crippen molar-refractivity contribution in [3.8, 4) is 5.75 Å². The third kappa shape index (κ3) is 12.4. The zero-order valence-electron chi connectivity index (χ0n) is 19.9. The molecule has 2 aromatic carbocycles. The van der Waals surface area contributed by atoms with E-state index in [-0.39, 0.29) is 5.97 Å². The van der Waals surface area contributed by atoms with E-state index in [0.717, 1.165) is 24.1 Å². The van der Waals surface area contributed by atoms with Crippen molar-refractivity contribution in [2.75, 3.05) is 0 Å². The van der Waals surface area contributed by atoms with E-state index in [1.54, 1.807) is 0 Å². The van der Waals surface area contributed by atoms with Gasteiger partial charge < -0.3 is 4.74 Å². The Hall–Kier alpha value is -2.42. The summed E-state index contributed by atoms with van der Waals surface area (Å²) in [6.45, 7) is 2.27. The van der Waals surface area contributed by atoms with Crippen LogP contribution < -0.4 is 4.74 Å². The normalized spacial score (nSPS) is 11.2. The van der Waals surface area contributed by atoms with E-state index in [1.807, 2.05) is 60.8 Å². The van der Waals surface area contributed by atoms with Gasteiger partial charge in [0.05, 0.1) is 5.69 Å². The molecule has 3 nitrogen and oxygen atoms in total. The quantitative estimate of drug-likeness (QED) is 0.108. The lowest BCUT2D eigenvalue weighted by atomic mass is 10.0. The first-order valence-electron chi connectivity index (χ1n) is 12.7. The smallest absolute Gasteiger partial charge is 0.311 e. The van der Waals surface area contributed by atoms with Gasteiger partial charge in [-0.1, -0.05) is 102 Å². The van der Waals surface area contributed by atoms with E-state index in [9.17, 15) is 4.79 Å². The summed E-state index contributed by atoms with van der Waals surface area (Å²) >= 11 is 0. The monoisotopic (exact) mass is 435 g/mol. The number of ether oxygens (including phenoxy) is 1. The Balaban J connectivity index is 1.47. The fourth-order valence-electron chi connectivity index (χ4n) is 3.75. The van der Waals surface area contributed by atoms with Crippen LogP contribution in [0.4, 0.5) is 5.69 Å². The molecule has 0 aliphatic rings. The van der Waals surface area contributed by atoms with Gasteiger partial charge in [0.2, 0.25) is 0 Å². The summed E-state index contributed by atoms with van der Waals surface area (Å²) in [5.74, 6) is 0.459. The summed E-state index contributed by atoms with van der Waals surface area (Å²) in [6, 6.07) is 17.3. The van der Waals surface area contributed by atoms with Crippen molar-refractivity contribution >= 4 is 17.9 Å². The Kier molecular flexibility index (Phi) is 13.9. The van der Waals surface area contributed by atoms with Crippen LogP contribution >= 0.6 is 0 Å². The molecule has 2 rings (SSSR count). The van der Waals surface area contributed by atoms with E-state index in [1.165, 1.54) is 70.6 Å². The summed E-state index contributed by atoms with van der Waals surface area (Å²) in [5, 5.41) is 0. The number of benzene rings is 2. The van der Waals surface area contributed by atoms with Crippen LogP contribution in [-0.4, -0.2) is 12.2 Å². The lowest BCUT2D eigenvalue weighted by Gasteiger charge is -2.05. The standard InChI is InChI=1S/C29H41NO2/c1-2-3-4-5-6-7-8-9-10-11-12-13-17-20-29(31)32-28-23-21-26(22-24-28)25-30-27-18-15-14-16-19-27/h14-16,18-19,21-25H,2-13,17,20H2,1H3. The third-order valence-corrected chi connectivity index (χ3v) is 5.72. The van der Waals surface area contributed by atoms with Crippen molar-refractivity contribution in [1.29, 1.82) is 0 Å². The number of esters is 1. The minimum atomic E-state index is -0.140. The summed E-state index contributed by atoms with van der Waals surface area (Å²) in [4.78, 5) is 16.5. The molecule has 3 heteroatoms. The number of aliphatic imine (C=N–C) groups is 1. The fourth-order valence-corrected chi connectivity index (χ4v) is 3.75. The lowest BCUT2D eigenvalue weighted by molar-refractivity contribution is -0.134. The number of para-hydroxylation sites is 1. The molecule has 0 saturated heterocycles. The molecule has 0 N–H and O–H groups in total. The molecule has 0 bridgehead atoms. The topological polar surface area (TPSA) is 38.7 Å². The van der Waals surface area contributed by atoms with Gasteiger partial charge in [-0.3, -0.25) is 9.79 Å². The first-order valence-corrected chi connectivity index (χ1v) is 12.7. The van der Waals surface area contributed by atoms with E-state index in [4.69, 9.17) is 4.74 Å². The van der Waals surface area contributed by atoms with Crippen molar-refractivity contribution < 1.29 is 9.53 Å². The fraction of sp³-hybridized carbons (Fsp3) is 0.517. The molecule has 0 spiro atoms. The van der Waals surface area contributed by atoms with Crippen LogP contribution in [0.5, 0.6) is 5.75 Å². The first-order chi connectivity index (χ1) is 15.8. The van der Waals surface area contributed by atoms with Crippen LogP contribution in [0.25, 0.3) is 0 Å². The molecular formula is C29H41NO2. The highest BCUT2D eigenvalue weighted by molar-refractivity contribution is 5.82. The molecule has 0 amide bonds. The molecule has 0 unspecified atom stereocenters. The number of carbonyl (C=O) groups excluding carboxylic acids is 1. The summed E-state index contributed by atoms with van der Waals surface area (Å²) in [7, 11) is 0. The van der Waals surface area contributed by atoms with Gasteiger partial charge in [-0.2, -0.15) is 0 Å². The van der Waals surface area contributed by atoms with Crippen molar-refractivity contribution in [1.82, 2.24) is 0 Å². The Morgan fingerprint density at radius 1 is 0.719 bits per heavy atom. The molecule has 2 aromatic rings. The molecule has 0 aromatic heterocycles. The molecule has 0 aliphatic heterocycles. The highest BCUT2D eigenvalue weighted by atomic mass is 16.5. The molecule has 174 valence electrons. The molecule has 0 aliphatic carbocycles. The van der Waals surface area contributed by atoms with E-state index < -0.39 is 0 Å². The zero-order chi connectivity index (χ0) is 22.7. The maximum atomic E-state index is 12.1. The highest BCUT2D eigenvalue weighted by Gasteiger charge is 2.04. The van der Waals surface area contributed by atoms with Crippen LogP contribution in [0.3, 0.4) is 0 Å². The van der Waals surface area contributed by atoms with E-state index in [0.29, 0.717) is 12.2 Å². The van der Waals surface area contributed by atoms with E-state index in [2.05, 4.69) is 11.9 Å². The molecule has 0 radical (unpaired) electrons. The van der Waals surface area contributed by atoms with Gasteiger partial charge in [-0.15, -0.1) is 0 Å². The van der Waals surface area contributed by atoms with Gasteiger partial charge in [-0.05, 0) is 48.4 Å². The van der Waals surface area contributed by atoms with Gasteiger partial charge in [0, 0.05) is 12.6 Å². The SMILES string of the molecule is CCCCCCCCCCCCCCCC(=O)Oc1ccc(C=Nc2ccccc2)cc1. The number of unbranched alkanes of at least 4 members (excludes halogenated alkanes) is 12. The van der Waals surface area contributed by atoms with Crippen LogP contribution in [0.15, 0.2) is 59.6 Å². The number of carbonyl (C=O) groups is 1. The predicted octanol–water partition coefficient (Wildman–Crippen LogP) is 8.82. The Bertz CT molecular complexity index is 752. The number of rotatable bonds is 17. The maximum Gasteiger partial charge on any atom is 0.311 e. The molecule has 0 fully saturated rings. The molecule has 32 heavy (non-hydrogen) atoms. The molecular weight excluding hydrogens is 394 g/mol. The molecule has 0 saturated carbocycles. The average molecular weight is 436 g/mol. The average Bonchev–Trinajstić information content (AvgIpc) is 2.82. The second-order valence-electron chi connectivity index (χ2n) is 8.63. The van der Waals surface area contributed by atoms with Gasteiger partial charge >= 0.3 is 5.97 Å². The zero-order valence-corrected chi connectivity index (χ0v) is 19.9. The van der Waals surface area contributed by atoms with Crippen molar-refractivity contribution in [2.24, 2.45) is 4.99 Å². The third-order valence-electron chi connectivity index (χ3n) is 5.72.